The molecule has 3 unspecified atom stereocenters. The molecular formula is C29H46N2O10. The largest absolute Gasteiger partial charge is 0.481 e. The molecule has 2 rings (SSSR count). The Morgan fingerprint density at radius 2 is 1.41 bits per heavy atom. The summed E-state index contributed by atoms with van der Waals surface area (Å²) in [6.07, 6.45) is 3.29. The van der Waals surface area contributed by atoms with Crippen molar-refractivity contribution in [2.24, 2.45) is 11.3 Å². The maximum absolute atomic E-state index is 12.7. The predicted octanol–water partition coefficient (Wildman–Crippen LogP) is 3.05. The van der Waals surface area contributed by atoms with Crippen LogP contribution in [0.25, 0.3) is 0 Å². The summed E-state index contributed by atoms with van der Waals surface area (Å²) in [6.45, 7) is 19.6. The minimum absolute atomic E-state index is 0.149. The smallest absolute Gasteiger partial charge is 0.330 e. The fourth-order valence-corrected chi connectivity index (χ4v) is 3.76. The summed E-state index contributed by atoms with van der Waals surface area (Å²) >= 11 is 0. The molecule has 2 amide bonds. The second-order valence-corrected chi connectivity index (χ2v) is 11.5. The van der Waals surface area contributed by atoms with Crippen LogP contribution < -0.4 is 0 Å². The van der Waals surface area contributed by atoms with Gasteiger partial charge in [-0.3, -0.25) is 14.4 Å². The summed E-state index contributed by atoms with van der Waals surface area (Å²) in [6, 6.07) is -0.927. The monoisotopic (exact) mass is 582 g/mol. The average molecular weight is 583 g/mol. The van der Waals surface area contributed by atoms with Crippen molar-refractivity contribution in [3.8, 4) is 0 Å². The predicted molar refractivity (Wildman–Crippen MR) is 151 cm³/mol. The Hall–Kier alpha value is -3.70. The van der Waals surface area contributed by atoms with Gasteiger partial charge in [0.2, 0.25) is 11.8 Å². The van der Waals surface area contributed by atoms with E-state index in [1.807, 2.05) is 6.92 Å². The first-order valence-corrected chi connectivity index (χ1v) is 13.4. The summed E-state index contributed by atoms with van der Waals surface area (Å²) in [4.78, 5) is 70.7. The number of hydrogen-bond donors (Lipinski definition) is 2. The number of carbonyl (C=O) groups excluding carboxylic acids is 4. The fourth-order valence-electron chi connectivity index (χ4n) is 3.76. The Labute approximate surface area is 242 Å². The zero-order valence-electron chi connectivity index (χ0n) is 25.5. The molecule has 3 atom stereocenters. The van der Waals surface area contributed by atoms with Gasteiger partial charge in [-0.05, 0) is 73.3 Å². The van der Waals surface area contributed by atoms with E-state index < -0.39 is 34.9 Å². The summed E-state index contributed by atoms with van der Waals surface area (Å²) in [5, 5.41) is 17.1. The van der Waals surface area contributed by atoms with Crippen LogP contribution in [-0.2, 0) is 38.2 Å². The minimum Gasteiger partial charge on any atom is -0.481 e. The van der Waals surface area contributed by atoms with Gasteiger partial charge in [-0.15, -0.1) is 0 Å². The van der Waals surface area contributed by atoms with E-state index in [4.69, 9.17) is 9.84 Å². The van der Waals surface area contributed by atoms with Crippen molar-refractivity contribution in [1.29, 1.82) is 0 Å². The van der Waals surface area contributed by atoms with Gasteiger partial charge >= 0.3 is 23.9 Å². The molecule has 41 heavy (non-hydrogen) atoms. The number of nitrogens with zero attached hydrogens (tertiary/aromatic N) is 2. The van der Waals surface area contributed by atoms with E-state index in [2.05, 4.69) is 17.9 Å². The Morgan fingerprint density at radius 1 is 0.951 bits per heavy atom. The molecular weight excluding hydrogens is 536 g/mol. The van der Waals surface area contributed by atoms with Gasteiger partial charge in [0.15, 0.2) is 0 Å². The first kappa shape index (κ1) is 37.3. The standard InChI is InChI=1S/C17H29NO5.C8H11NO3.C4H6O2/c1-7-11(10-17(5,6)15(21)22)13(19)18-9-8-12(18)14(20)23-16(2,3)4;1-3-7(10)9-5-4-6(9)8(11)12-2;1-3(2)4(5)6/h11-12H,7-10H2,1-6H3,(H,21,22);3,6H,1,4-5H2,2H3;1H2,2H3,(H,5,6). The topological polar surface area (TPSA) is 168 Å². The average Bonchev–Trinajstić information content (AvgIpc) is 2.80. The van der Waals surface area contributed by atoms with Crippen molar-refractivity contribution in [3.63, 3.8) is 0 Å². The number of esters is 2. The third kappa shape index (κ3) is 11.7. The molecule has 0 aliphatic carbocycles. The maximum atomic E-state index is 12.7. The zero-order valence-corrected chi connectivity index (χ0v) is 25.5. The normalized spacial score (nSPS) is 18.3. The molecule has 2 fully saturated rings. The third-order valence-electron chi connectivity index (χ3n) is 6.48. The number of aliphatic carboxylic acids is 2. The van der Waals surface area contributed by atoms with E-state index in [9.17, 15) is 33.9 Å². The number of hydrogen-bond acceptors (Lipinski definition) is 8. The second-order valence-electron chi connectivity index (χ2n) is 11.5. The highest BCUT2D eigenvalue weighted by atomic mass is 16.6. The highest BCUT2D eigenvalue weighted by Crippen LogP contribution is 2.32. The lowest BCUT2D eigenvalue weighted by Gasteiger charge is -2.42. The van der Waals surface area contributed by atoms with Crippen LogP contribution in [0, 0.1) is 11.3 Å². The number of amides is 2. The van der Waals surface area contributed by atoms with Gasteiger partial charge in [0, 0.05) is 24.6 Å². The van der Waals surface area contributed by atoms with Gasteiger partial charge in [0.05, 0.1) is 12.5 Å². The molecule has 0 aromatic heterocycles. The fraction of sp³-hybridized carbons (Fsp3) is 0.655. The molecule has 0 bridgehead atoms. The number of methoxy groups -OCH3 is 1. The summed E-state index contributed by atoms with van der Waals surface area (Å²) in [7, 11) is 1.32. The van der Waals surface area contributed by atoms with E-state index in [1.54, 1.807) is 34.6 Å². The van der Waals surface area contributed by atoms with Crippen molar-refractivity contribution in [3.05, 3.63) is 24.8 Å². The number of carboxylic acids is 2. The van der Waals surface area contributed by atoms with Crippen molar-refractivity contribution < 1.29 is 48.5 Å². The molecule has 0 aromatic rings. The SMILES string of the molecule is C=C(C)C(=O)O.C=CC(=O)N1CCC1C(=O)OC.CCC(CC(C)(C)C(=O)O)C(=O)N1CCC1C(=O)OC(C)(C)C. The molecule has 0 spiro atoms. The van der Waals surface area contributed by atoms with Crippen LogP contribution in [0.1, 0.15) is 74.1 Å². The molecule has 0 radical (unpaired) electrons. The first-order valence-electron chi connectivity index (χ1n) is 13.4. The summed E-state index contributed by atoms with van der Waals surface area (Å²) in [5.41, 5.74) is -1.38. The lowest BCUT2D eigenvalue weighted by molar-refractivity contribution is -0.173. The van der Waals surface area contributed by atoms with Gasteiger partial charge < -0.3 is 29.5 Å². The van der Waals surface area contributed by atoms with Crippen molar-refractivity contribution >= 4 is 35.7 Å². The Morgan fingerprint density at radius 3 is 1.71 bits per heavy atom. The third-order valence-corrected chi connectivity index (χ3v) is 6.48. The van der Waals surface area contributed by atoms with Gasteiger partial charge in [-0.25, -0.2) is 14.4 Å². The number of rotatable bonds is 9. The van der Waals surface area contributed by atoms with E-state index >= 15 is 0 Å². The molecule has 2 saturated heterocycles. The number of carboxylic acid groups (broad SMARTS) is 2. The van der Waals surface area contributed by atoms with Crippen LogP contribution in [0.2, 0.25) is 0 Å². The minimum atomic E-state index is -0.970. The molecule has 0 aromatic carbocycles. The van der Waals surface area contributed by atoms with Crippen LogP contribution in [0.5, 0.6) is 0 Å². The zero-order chi connectivity index (χ0) is 32.3. The highest BCUT2D eigenvalue weighted by molar-refractivity contribution is 5.92. The summed E-state index contributed by atoms with van der Waals surface area (Å²) < 4.78 is 9.86. The second kappa shape index (κ2) is 15.9. The maximum Gasteiger partial charge on any atom is 0.330 e. The quantitative estimate of drug-likeness (QED) is 0.304. The number of likely N-dealkylation sites (tertiary alicyclic amines) is 2. The van der Waals surface area contributed by atoms with Crippen molar-refractivity contribution in [2.75, 3.05) is 20.2 Å². The van der Waals surface area contributed by atoms with Gasteiger partial charge in [-0.2, -0.15) is 0 Å². The van der Waals surface area contributed by atoms with Crippen LogP contribution in [0.4, 0.5) is 0 Å². The number of carbonyl (C=O) groups is 6. The van der Waals surface area contributed by atoms with E-state index in [1.165, 1.54) is 29.9 Å². The first-order chi connectivity index (χ1) is 18.7. The molecule has 0 saturated carbocycles. The van der Waals surface area contributed by atoms with Crippen molar-refractivity contribution in [1.82, 2.24) is 9.80 Å². The van der Waals surface area contributed by atoms with E-state index in [0.717, 1.165) is 0 Å². The lowest BCUT2D eigenvalue weighted by Crippen LogP contribution is -2.58. The van der Waals surface area contributed by atoms with Crippen LogP contribution >= 0.6 is 0 Å². The van der Waals surface area contributed by atoms with Crippen LogP contribution in [0.3, 0.4) is 0 Å². The molecule has 12 heteroatoms. The van der Waals surface area contributed by atoms with Gasteiger partial charge in [0.1, 0.15) is 17.7 Å². The van der Waals surface area contributed by atoms with Crippen molar-refractivity contribution in [2.45, 2.75) is 91.8 Å². The molecule has 12 nitrogen and oxygen atoms in total. The summed E-state index contributed by atoms with van der Waals surface area (Å²) in [5.74, 6) is -3.35. The molecule has 2 N–H and O–H groups in total. The molecule has 2 aliphatic heterocycles. The van der Waals surface area contributed by atoms with Gasteiger partial charge in [0.25, 0.3) is 0 Å². The van der Waals surface area contributed by atoms with Crippen LogP contribution in [0.15, 0.2) is 24.8 Å². The lowest BCUT2D eigenvalue weighted by atomic mass is 9.80. The Kier molecular flexibility index (Phi) is 14.5. The molecule has 232 valence electrons. The molecule has 2 aliphatic rings. The highest BCUT2D eigenvalue weighted by Gasteiger charge is 2.43. The molecule has 2 heterocycles. The van der Waals surface area contributed by atoms with Crippen LogP contribution in [-0.4, -0.2) is 93.6 Å². The van der Waals surface area contributed by atoms with E-state index in [-0.39, 0.29) is 41.8 Å². The Balaban J connectivity index is 0.000000734. The number of ether oxygens (including phenoxy) is 2. The van der Waals surface area contributed by atoms with Gasteiger partial charge in [-0.1, -0.05) is 20.1 Å². The Bertz CT molecular complexity index is 1000. The van der Waals surface area contributed by atoms with E-state index in [0.29, 0.717) is 32.4 Å².